The molecule has 0 radical (unpaired) electrons. The lowest BCUT2D eigenvalue weighted by molar-refractivity contribution is -0.137. The minimum Gasteiger partial charge on any atom is -0.338 e. The highest BCUT2D eigenvalue weighted by Gasteiger charge is 2.48. The highest BCUT2D eigenvalue weighted by molar-refractivity contribution is 5.98. The fraction of sp³-hybridized carbons (Fsp3) is 0.500. The van der Waals surface area contributed by atoms with Gasteiger partial charge >= 0.3 is 0 Å². The number of pyridine rings is 1. The van der Waals surface area contributed by atoms with Gasteiger partial charge in [-0.05, 0) is 48.9 Å². The normalized spacial score (nSPS) is 26.1. The maximum atomic E-state index is 13.7. The van der Waals surface area contributed by atoms with Crippen LogP contribution in [0.3, 0.4) is 0 Å². The molecule has 2 amide bonds. The van der Waals surface area contributed by atoms with Crippen LogP contribution < -0.4 is 0 Å². The lowest BCUT2D eigenvalue weighted by Crippen LogP contribution is -2.55. The number of amides is 2. The van der Waals surface area contributed by atoms with E-state index < -0.39 is 0 Å². The molecule has 6 nitrogen and oxygen atoms in total. The van der Waals surface area contributed by atoms with Gasteiger partial charge in [0.2, 0.25) is 5.91 Å². The van der Waals surface area contributed by atoms with Crippen molar-refractivity contribution in [1.82, 2.24) is 19.7 Å². The summed E-state index contributed by atoms with van der Waals surface area (Å²) in [6.45, 7) is 4.01. The van der Waals surface area contributed by atoms with Crippen LogP contribution in [0, 0.1) is 5.92 Å². The first-order valence-electron chi connectivity index (χ1n) is 12.0. The average molecular weight is 433 g/mol. The predicted molar refractivity (Wildman–Crippen MR) is 123 cm³/mol. The summed E-state index contributed by atoms with van der Waals surface area (Å²) in [5, 5.41) is 0. The van der Waals surface area contributed by atoms with Gasteiger partial charge in [0.15, 0.2) is 0 Å². The second-order valence-corrected chi connectivity index (χ2v) is 9.40. The van der Waals surface area contributed by atoms with Crippen molar-refractivity contribution in [1.29, 1.82) is 0 Å². The van der Waals surface area contributed by atoms with Crippen molar-refractivity contribution < 1.29 is 9.59 Å². The topological polar surface area (TPSA) is 56.8 Å². The molecular formula is C26H32N4O2. The van der Waals surface area contributed by atoms with E-state index in [1.807, 2.05) is 52.4 Å². The molecule has 2 aromatic rings. The van der Waals surface area contributed by atoms with E-state index in [1.165, 1.54) is 12.0 Å². The monoisotopic (exact) mass is 432 g/mol. The molecule has 3 aliphatic rings. The minimum absolute atomic E-state index is 0.0218. The van der Waals surface area contributed by atoms with E-state index in [1.54, 1.807) is 6.20 Å². The van der Waals surface area contributed by atoms with Crippen molar-refractivity contribution >= 4 is 11.8 Å². The van der Waals surface area contributed by atoms with E-state index in [9.17, 15) is 9.59 Å². The Morgan fingerprint density at radius 3 is 2.47 bits per heavy atom. The zero-order valence-electron chi connectivity index (χ0n) is 18.6. The Labute approximate surface area is 190 Å². The number of aromatic nitrogens is 1. The largest absolute Gasteiger partial charge is 0.338 e. The quantitative estimate of drug-likeness (QED) is 0.745. The Morgan fingerprint density at radius 1 is 0.938 bits per heavy atom. The molecule has 168 valence electrons. The molecule has 1 aliphatic carbocycles. The Hall–Kier alpha value is -2.73. The lowest BCUT2D eigenvalue weighted by Gasteiger charge is -2.38. The summed E-state index contributed by atoms with van der Waals surface area (Å²) in [6, 6.07) is 13.4. The van der Waals surface area contributed by atoms with E-state index in [2.05, 4.69) is 16.0 Å². The fourth-order valence-corrected chi connectivity index (χ4v) is 5.79. The smallest absolute Gasteiger partial charge is 0.254 e. The number of carbonyl (C=O) groups excluding carboxylic acids is 2. The van der Waals surface area contributed by atoms with Gasteiger partial charge in [0, 0.05) is 56.7 Å². The van der Waals surface area contributed by atoms with Crippen molar-refractivity contribution in [2.45, 2.75) is 50.7 Å². The molecule has 3 unspecified atom stereocenters. The molecule has 5 rings (SSSR count). The van der Waals surface area contributed by atoms with Crippen LogP contribution in [0.5, 0.6) is 0 Å². The first kappa shape index (κ1) is 21.1. The van der Waals surface area contributed by atoms with Crippen LogP contribution in [0.2, 0.25) is 0 Å². The molecule has 3 fully saturated rings. The van der Waals surface area contributed by atoms with E-state index in [4.69, 9.17) is 0 Å². The van der Waals surface area contributed by atoms with Crippen LogP contribution >= 0.6 is 0 Å². The number of carbonyl (C=O) groups is 2. The molecule has 1 saturated carbocycles. The number of fused-ring (bicyclic) bond motifs is 1. The van der Waals surface area contributed by atoms with Gasteiger partial charge in [-0.25, -0.2) is 0 Å². The number of likely N-dealkylation sites (tertiary alicyclic amines) is 1. The molecule has 0 spiro atoms. The van der Waals surface area contributed by atoms with Gasteiger partial charge in [0.05, 0.1) is 0 Å². The van der Waals surface area contributed by atoms with E-state index in [-0.39, 0.29) is 23.9 Å². The van der Waals surface area contributed by atoms with E-state index in [0.717, 1.165) is 58.4 Å². The molecule has 2 aliphatic heterocycles. The summed E-state index contributed by atoms with van der Waals surface area (Å²) >= 11 is 0. The highest BCUT2D eigenvalue weighted by atomic mass is 16.2. The standard InChI is InChI=1S/C26H32N4O2/c31-25(21-8-2-1-3-9-21)30-23-11-5-4-10-22(23)17-24(30)26(32)29-15-13-28(14-16-29)19-20-7-6-12-27-18-20/h1-3,6-9,12,18,22-24H,4-5,10-11,13-17,19H2. The van der Waals surface area contributed by atoms with Crippen LogP contribution in [-0.4, -0.2) is 69.8 Å². The zero-order chi connectivity index (χ0) is 21.9. The summed E-state index contributed by atoms with van der Waals surface area (Å²) in [5.41, 5.74) is 1.89. The van der Waals surface area contributed by atoms with E-state index in [0.29, 0.717) is 11.5 Å². The lowest BCUT2D eigenvalue weighted by atomic mass is 9.84. The summed E-state index contributed by atoms with van der Waals surface area (Å²) in [4.78, 5) is 37.7. The summed E-state index contributed by atoms with van der Waals surface area (Å²) in [5.74, 6) is 0.621. The van der Waals surface area contributed by atoms with Gasteiger partial charge in [-0.1, -0.05) is 37.1 Å². The molecule has 3 atom stereocenters. The average Bonchev–Trinajstić information content (AvgIpc) is 3.24. The van der Waals surface area contributed by atoms with Crippen molar-refractivity contribution in [3.63, 3.8) is 0 Å². The number of rotatable bonds is 4. The van der Waals surface area contributed by atoms with Crippen molar-refractivity contribution in [2.75, 3.05) is 26.2 Å². The predicted octanol–water partition coefficient (Wildman–Crippen LogP) is 3.20. The molecular weight excluding hydrogens is 400 g/mol. The number of nitrogens with zero attached hydrogens (tertiary/aromatic N) is 4. The molecule has 32 heavy (non-hydrogen) atoms. The molecule has 1 aromatic heterocycles. The summed E-state index contributed by atoms with van der Waals surface area (Å²) < 4.78 is 0. The Morgan fingerprint density at radius 2 is 1.72 bits per heavy atom. The molecule has 1 aromatic carbocycles. The molecule has 2 saturated heterocycles. The third kappa shape index (κ3) is 4.29. The molecule has 0 bridgehead atoms. The summed E-state index contributed by atoms with van der Waals surface area (Å²) in [7, 11) is 0. The minimum atomic E-state index is -0.319. The zero-order valence-corrected chi connectivity index (χ0v) is 18.6. The van der Waals surface area contributed by atoms with Crippen LogP contribution in [0.1, 0.15) is 48.0 Å². The number of hydrogen-bond acceptors (Lipinski definition) is 4. The molecule has 0 N–H and O–H groups in total. The maximum Gasteiger partial charge on any atom is 0.254 e. The SMILES string of the molecule is O=C(C1CC2CCCCC2N1C(=O)c1ccccc1)N1CCN(Cc2cccnc2)CC1. The first-order chi connectivity index (χ1) is 15.7. The second kappa shape index (κ2) is 9.41. The third-order valence-corrected chi connectivity index (χ3v) is 7.44. The van der Waals surface area contributed by atoms with Gasteiger partial charge in [-0.3, -0.25) is 19.5 Å². The maximum absolute atomic E-state index is 13.7. The third-order valence-electron chi connectivity index (χ3n) is 7.44. The Bertz CT molecular complexity index is 927. The number of benzene rings is 1. The van der Waals surface area contributed by atoms with Crippen LogP contribution in [0.25, 0.3) is 0 Å². The van der Waals surface area contributed by atoms with Gasteiger partial charge in [-0.2, -0.15) is 0 Å². The number of hydrogen-bond donors (Lipinski definition) is 0. The van der Waals surface area contributed by atoms with E-state index >= 15 is 0 Å². The van der Waals surface area contributed by atoms with Crippen molar-refractivity contribution in [3.8, 4) is 0 Å². The highest BCUT2D eigenvalue weighted by Crippen LogP contribution is 2.41. The van der Waals surface area contributed by atoms with Crippen LogP contribution in [-0.2, 0) is 11.3 Å². The Kier molecular flexibility index (Phi) is 6.21. The summed E-state index contributed by atoms with van der Waals surface area (Å²) in [6.07, 6.45) is 9.03. The fourth-order valence-electron chi connectivity index (χ4n) is 5.79. The Balaban J connectivity index is 1.28. The second-order valence-electron chi connectivity index (χ2n) is 9.40. The first-order valence-corrected chi connectivity index (χ1v) is 12.0. The number of piperazine rings is 1. The van der Waals surface area contributed by atoms with Crippen molar-refractivity contribution in [2.24, 2.45) is 5.92 Å². The van der Waals surface area contributed by atoms with Gasteiger partial charge in [0.25, 0.3) is 5.91 Å². The molecule has 3 heterocycles. The van der Waals surface area contributed by atoms with Gasteiger partial charge in [0.1, 0.15) is 6.04 Å². The van der Waals surface area contributed by atoms with Crippen LogP contribution in [0.4, 0.5) is 0 Å². The van der Waals surface area contributed by atoms with Crippen molar-refractivity contribution in [3.05, 3.63) is 66.0 Å². The van der Waals surface area contributed by atoms with Gasteiger partial charge in [-0.15, -0.1) is 0 Å². The van der Waals surface area contributed by atoms with Crippen LogP contribution in [0.15, 0.2) is 54.9 Å². The van der Waals surface area contributed by atoms with Gasteiger partial charge < -0.3 is 9.80 Å². The molecule has 6 heteroatoms.